The van der Waals surface area contributed by atoms with Crippen LogP contribution in [0.25, 0.3) is 0 Å². The first-order chi connectivity index (χ1) is 8.42. The maximum Gasteiger partial charge on any atom is 0.185 e. The number of tetrazole rings is 1. The predicted molar refractivity (Wildman–Crippen MR) is 61.3 cm³/mol. The fourth-order valence-electron chi connectivity index (χ4n) is 2.51. The van der Waals surface area contributed by atoms with Gasteiger partial charge in [0.25, 0.3) is 0 Å². The monoisotopic (exact) mass is 230 g/mol. The van der Waals surface area contributed by atoms with Crippen molar-refractivity contribution in [2.45, 2.75) is 18.3 Å². The minimum atomic E-state index is -0.146. The van der Waals surface area contributed by atoms with E-state index in [1.807, 2.05) is 12.3 Å². The highest BCUT2D eigenvalue weighted by atomic mass is 15.5. The van der Waals surface area contributed by atoms with Gasteiger partial charge in [-0.25, -0.2) is 0 Å². The summed E-state index contributed by atoms with van der Waals surface area (Å²) in [5.41, 5.74) is 1.02. The van der Waals surface area contributed by atoms with Gasteiger partial charge < -0.3 is 5.32 Å². The van der Waals surface area contributed by atoms with Crippen LogP contribution >= 0.6 is 0 Å². The number of aromatic nitrogens is 5. The summed E-state index contributed by atoms with van der Waals surface area (Å²) in [4.78, 5) is 4.21. The molecule has 0 aromatic carbocycles. The highest BCUT2D eigenvalue weighted by Gasteiger charge is 2.39. The number of hydrogen-bond donors (Lipinski definition) is 2. The van der Waals surface area contributed by atoms with E-state index in [1.54, 1.807) is 6.20 Å². The summed E-state index contributed by atoms with van der Waals surface area (Å²) >= 11 is 0. The second-order valence-electron chi connectivity index (χ2n) is 4.31. The third-order valence-electron chi connectivity index (χ3n) is 3.44. The first kappa shape index (κ1) is 10.3. The van der Waals surface area contributed by atoms with Crippen molar-refractivity contribution >= 4 is 0 Å². The maximum absolute atomic E-state index is 4.21. The van der Waals surface area contributed by atoms with E-state index in [-0.39, 0.29) is 5.41 Å². The van der Waals surface area contributed by atoms with E-state index < -0.39 is 0 Å². The number of hydrogen-bond acceptors (Lipinski definition) is 5. The molecule has 17 heavy (non-hydrogen) atoms. The lowest BCUT2D eigenvalue weighted by atomic mass is 9.73. The molecular weight excluding hydrogens is 216 g/mol. The van der Waals surface area contributed by atoms with Crippen LogP contribution in [-0.4, -0.2) is 38.7 Å². The molecule has 6 nitrogen and oxygen atoms in total. The van der Waals surface area contributed by atoms with Crippen LogP contribution in [0.2, 0.25) is 0 Å². The van der Waals surface area contributed by atoms with E-state index in [0.29, 0.717) is 0 Å². The summed E-state index contributed by atoms with van der Waals surface area (Å²) in [7, 11) is 0. The molecule has 0 amide bonds. The Hall–Kier alpha value is -1.82. The molecule has 1 saturated heterocycles. The molecule has 3 rings (SSSR count). The smallest absolute Gasteiger partial charge is 0.185 e. The Labute approximate surface area is 98.9 Å². The highest BCUT2D eigenvalue weighted by molar-refractivity contribution is 5.30. The number of nitrogens with one attached hydrogen (secondary N) is 2. The van der Waals surface area contributed by atoms with Crippen LogP contribution < -0.4 is 5.32 Å². The summed E-state index contributed by atoms with van der Waals surface area (Å²) in [6.07, 6.45) is 5.63. The van der Waals surface area contributed by atoms with Gasteiger partial charge in [-0.1, -0.05) is 11.3 Å². The van der Waals surface area contributed by atoms with Gasteiger partial charge in [0.1, 0.15) is 0 Å². The molecule has 88 valence electrons. The SMILES string of the molecule is c1cncc(C2(c3nn[nH]n3)CCNCC2)c1. The Morgan fingerprint density at radius 2 is 2.12 bits per heavy atom. The normalized spacial score (nSPS) is 19.1. The van der Waals surface area contributed by atoms with Crippen LogP contribution in [0.15, 0.2) is 24.5 Å². The van der Waals surface area contributed by atoms with E-state index in [4.69, 9.17) is 0 Å². The molecule has 1 aliphatic rings. The van der Waals surface area contributed by atoms with E-state index in [1.165, 1.54) is 5.56 Å². The predicted octanol–water partition coefficient (Wildman–Crippen LogP) is 0.264. The zero-order chi connectivity index (χ0) is 11.6. The second kappa shape index (κ2) is 4.21. The number of H-pyrrole nitrogens is 1. The largest absolute Gasteiger partial charge is 0.317 e. The summed E-state index contributed by atoms with van der Waals surface area (Å²) in [5.74, 6) is 0.770. The quantitative estimate of drug-likeness (QED) is 0.774. The van der Waals surface area contributed by atoms with Crippen LogP contribution in [0.4, 0.5) is 0 Å². The molecule has 0 aliphatic carbocycles. The fourth-order valence-corrected chi connectivity index (χ4v) is 2.51. The van der Waals surface area contributed by atoms with Gasteiger partial charge in [-0.3, -0.25) is 4.98 Å². The van der Waals surface area contributed by atoms with E-state index >= 15 is 0 Å². The Kier molecular flexibility index (Phi) is 2.56. The van der Waals surface area contributed by atoms with Crippen molar-refractivity contribution < 1.29 is 0 Å². The van der Waals surface area contributed by atoms with E-state index in [2.05, 4.69) is 37.0 Å². The van der Waals surface area contributed by atoms with Gasteiger partial charge in [0.05, 0.1) is 5.41 Å². The van der Waals surface area contributed by atoms with Gasteiger partial charge >= 0.3 is 0 Å². The topological polar surface area (TPSA) is 79.4 Å². The van der Waals surface area contributed by atoms with Gasteiger partial charge in [-0.15, -0.1) is 10.2 Å². The van der Waals surface area contributed by atoms with E-state index in [0.717, 1.165) is 31.8 Å². The van der Waals surface area contributed by atoms with E-state index in [9.17, 15) is 0 Å². The minimum absolute atomic E-state index is 0.146. The van der Waals surface area contributed by atoms with Gasteiger partial charge in [0.2, 0.25) is 0 Å². The lowest BCUT2D eigenvalue weighted by molar-refractivity contribution is 0.345. The lowest BCUT2D eigenvalue weighted by Gasteiger charge is -2.34. The molecule has 0 spiro atoms. The number of aromatic amines is 1. The Balaban J connectivity index is 2.08. The third kappa shape index (κ3) is 1.70. The van der Waals surface area contributed by atoms with Crippen molar-refractivity contribution in [2.75, 3.05) is 13.1 Å². The molecule has 0 bridgehead atoms. The van der Waals surface area contributed by atoms with Crippen molar-refractivity contribution in [2.24, 2.45) is 0 Å². The molecule has 0 unspecified atom stereocenters. The Morgan fingerprint density at radius 3 is 2.76 bits per heavy atom. The van der Waals surface area contributed by atoms with Crippen molar-refractivity contribution in [3.8, 4) is 0 Å². The minimum Gasteiger partial charge on any atom is -0.317 e. The average molecular weight is 230 g/mol. The van der Waals surface area contributed by atoms with Crippen molar-refractivity contribution in [3.05, 3.63) is 35.9 Å². The summed E-state index contributed by atoms with van der Waals surface area (Å²) in [6, 6.07) is 4.05. The van der Waals surface area contributed by atoms with Gasteiger partial charge in [0, 0.05) is 12.4 Å². The molecule has 1 aliphatic heterocycles. The number of nitrogens with zero attached hydrogens (tertiary/aromatic N) is 4. The molecule has 2 aromatic heterocycles. The van der Waals surface area contributed by atoms with Crippen LogP contribution in [0, 0.1) is 0 Å². The average Bonchev–Trinajstić information content (AvgIpc) is 2.95. The molecule has 0 radical (unpaired) electrons. The molecular formula is C11H14N6. The molecule has 1 fully saturated rings. The summed E-state index contributed by atoms with van der Waals surface area (Å²) < 4.78 is 0. The van der Waals surface area contributed by atoms with Crippen LogP contribution in [0.5, 0.6) is 0 Å². The molecule has 2 N–H and O–H groups in total. The van der Waals surface area contributed by atoms with Crippen molar-refractivity contribution in [1.29, 1.82) is 0 Å². The van der Waals surface area contributed by atoms with Crippen molar-refractivity contribution in [1.82, 2.24) is 30.9 Å². The highest BCUT2D eigenvalue weighted by Crippen LogP contribution is 2.37. The molecule has 2 aromatic rings. The second-order valence-corrected chi connectivity index (χ2v) is 4.31. The Bertz CT molecular complexity index is 460. The molecule has 0 atom stereocenters. The first-order valence-corrected chi connectivity index (χ1v) is 5.77. The van der Waals surface area contributed by atoms with Crippen LogP contribution in [0.1, 0.15) is 24.2 Å². The molecule has 6 heteroatoms. The standard InChI is InChI=1S/C11H14N6/c1-2-9(8-13-5-1)11(3-6-12-7-4-11)10-14-16-17-15-10/h1-2,5,8,12H,3-4,6-7H2,(H,14,15,16,17). The van der Waals surface area contributed by atoms with Gasteiger partial charge in [-0.2, -0.15) is 5.21 Å². The van der Waals surface area contributed by atoms with Gasteiger partial charge in [0.15, 0.2) is 5.82 Å². The van der Waals surface area contributed by atoms with Crippen LogP contribution in [0.3, 0.4) is 0 Å². The molecule has 3 heterocycles. The fraction of sp³-hybridized carbons (Fsp3) is 0.455. The first-order valence-electron chi connectivity index (χ1n) is 5.77. The third-order valence-corrected chi connectivity index (χ3v) is 3.44. The zero-order valence-corrected chi connectivity index (χ0v) is 9.43. The number of piperidine rings is 1. The van der Waals surface area contributed by atoms with Gasteiger partial charge in [-0.05, 0) is 37.6 Å². The van der Waals surface area contributed by atoms with Crippen molar-refractivity contribution in [3.63, 3.8) is 0 Å². The zero-order valence-electron chi connectivity index (χ0n) is 9.43. The maximum atomic E-state index is 4.21. The van der Waals surface area contributed by atoms with Crippen LogP contribution in [-0.2, 0) is 5.41 Å². The number of pyridine rings is 1. The number of rotatable bonds is 2. The summed E-state index contributed by atoms with van der Waals surface area (Å²) in [5, 5.41) is 18.0. The molecule has 0 saturated carbocycles. The summed E-state index contributed by atoms with van der Waals surface area (Å²) in [6.45, 7) is 1.92. The lowest BCUT2D eigenvalue weighted by Crippen LogP contribution is -2.41. The Morgan fingerprint density at radius 1 is 1.24 bits per heavy atom.